The van der Waals surface area contributed by atoms with Crippen LogP contribution in [-0.4, -0.2) is 38.9 Å². The van der Waals surface area contributed by atoms with Crippen molar-refractivity contribution in [3.05, 3.63) is 27.7 Å². The molecule has 1 atom stereocenters. The zero-order valence-corrected chi connectivity index (χ0v) is 12.8. The molecule has 1 unspecified atom stereocenters. The van der Waals surface area contributed by atoms with Crippen LogP contribution in [0.5, 0.6) is 0 Å². The monoisotopic (exact) mass is 350 g/mol. The van der Waals surface area contributed by atoms with Crippen LogP contribution in [0.25, 0.3) is 0 Å². The number of methoxy groups -OCH3 is 1. The number of amides is 1. The Morgan fingerprint density at radius 3 is 2.84 bits per heavy atom. The molecule has 0 aromatic heterocycles. The molecule has 0 heterocycles. The van der Waals surface area contributed by atoms with Crippen LogP contribution in [0.4, 0.5) is 5.69 Å². The second-order valence-corrected chi connectivity index (χ2v) is 5.06. The summed E-state index contributed by atoms with van der Waals surface area (Å²) in [6.07, 6.45) is 0. The molecule has 0 saturated carbocycles. The average molecular weight is 352 g/mol. The van der Waals surface area contributed by atoms with Gasteiger partial charge in [0, 0.05) is 17.3 Å². The van der Waals surface area contributed by atoms with Crippen LogP contribution in [0.3, 0.4) is 0 Å². The summed E-state index contributed by atoms with van der Waals surface area (Å²) in [6, 6.07) is 4.65. The molecule has 0 aliphatic carbocycles. The Balaban J connectivity index is 2.57. The van der Waals surface area contributed by atoms with Gasteiger partial charge in [-0.3, -0.25) is 4.79 Å². The van der Waals surface area contributed by atoms with Crippen LogP contribution in [0.2, 0.25) is 5.02 Å². The Hall–Kier alpha value is -0.820. The molecular formula is C12H16BrClN2O3. The second kappa shape index (κ2) is 8.37. The van der Waals surface area contributed by atoms with E-state index in [2.05, 4.69) is 21.2 Å². The highest BCUT2D eigenvalue weighted by Crippen LogP contribution is 2.25. The summed E-state index contributed by atoms with van der Waals surface area (Å²) in [5.41, 5.74) is 6.05. The molecule has 0 fully saturated rings. The van der Waals surface area contributed by atoms with Gasteiger partial charge in [-0.1, -0.05) is 11.6 Å². The van der Waals surface area contributed by atoms with E-state index in [1.54, 1.807) is 25.3 Å². The van der Waals surface area contributed by atoms with Gasteiger partial charge in [0.2, 0.25) is 5.91 Å². The lowest BCUT2D eigenvalue weighted by Crippen LogP contribution is -2.39. The molecule has 0 saturated heterocycles. The molecule has 0 aliphatic heterocycles. The molecule has 106 valence electrons. The number of hydrogen-bond donors (Lipinski definition) is 2. The van der Waals surface area contributed by atoms with Crippen molar-refractivity contribution in [3.8, 4) is 0 Å². The number of nitrogens with two attached hydrogens (primary N) is 1. The number of rotatable bonds is 8. The number of carbonyl (C=O) groups excluding carboxylic acids is 1. The van der Waals surface area contributed by atoms with Gasteiger partial charge in [-0.15, -0.1) is 0 Å². The number of benzene rings is 1. The summed E-state index contributed by atoms with van der Waals surface area (Å²) in [4.78, 5) is 11.3. The molecule has 3 N–H and O–H groups in total. The number of primary amides is 1. The van der Waals surface area contributed by atoms with E-state index in [0.717, 1.165) is 10.2 Å². The van der Waals surface area contributed by atoms with Gasteiger partial charge in [-0.25, -0.2) is 0 Å². The van der Waals surface area contributed by atoms with Crippen molar-refractivity contribution < 1.29 is 14.3 Å². The number of ether oxygens (including phenoxy) is 2. The Bertz CT molecular complexity index is 431. The zero-order chi connectivity index (χ0) is 14.3. The SMILES string of the molecule is COCCOCC(Nc1ccc(Cl)c(Br)c1)C(N)=O. The van der Waals surface area contributed by atoms with Gasteiger partial charge in [0.05, 0.1) is 24.8 Å². The van der Waals surface area contributed by atoms with Crippen LogP contribution in [0.1, 0.15) is 0 Å². The molecule has 0 aliphatic rings. The van der Waals surface area contributed by atoms with E-state index in [1.807, 2.05) is 0 Å². The smallest absolute Gasteiger partial charge is 0.242 e. The fraction of sp³-hybridized carbons (Fsp3) is 0.417. The van der Waals surface area contributed by atoms with Crippen molar-refractivity contribution in [1.82, 2.24) is 0 Å². The summed E-state index contributed by atoms with van der Waals surface area (Å²) < 4.78 is 10.9. The molecule has 7 heteroatoms. The maximum Gasteiger partial charge on any atom is 0.242 e. The normalized spacial score (nSPS) is 12.2. The maximum atomic E-state index is 11.3. The first-order valence-corrected chi connectivity index (χ1v) is 6.79. The summed E-state index contributed by atoms with van der Waals surface area (Å²) in [7, 11) is 1.58. The summed E-state index contributed by atoms with van der Waals surface area (Å²) in [6.45, 7) is 1.06. The van der Waals surface area contributed by atoms with E-state index in [1.165, 1.54) is 0 Å². The fourth-order valence-electron chi connectivity index (χ4n) is 1.33. The lowest BCUT2D eigenvalue weighted by molar-refractivity contribution is -0.120. The molecule has 1 aromatic rings. The topological polar surface area (TPSA) is 73.6 Å². The predicted octanol–water partition coefficient (Wildman–Crippen LogP) is 2.03. The minimum absolute atomic E-state index is 0.180. The van der Waals surface area contributed by atoms with Crippen molar-refractivity contribution in [2.45, 2.75) is 6.04 Å². The Morgan fingerprint density at radius 1 is 1.53 bits per heavy atom. The summed E-state index contributed by atoms with van der Waals surface area (Å²) in [5.74, 6) is -0.483. The third-order valence-electron chi connectivity index (χ3n) is 2.32. The maximum absolute atomic E-state index is 11.3. The Kier molecular flexibility index (Phi) is 7.15. The highest BCUT2D eigenvalue weighted by molar-refractivity contribution is 9.10. The van der Waals surface area contributed by atoms with Gasteiger partial charge < -0.3 is 20.5 Å². The predicted molar refractivity (Wildman–Crippen MR) is 78.5 cm³/mol. The Labute approximate surface area is 125 Å². The van der Waals surface area contributed by atoms with E-state index >= 15 is 0 Å². The van der Waals surface area contributed by atoms with Crippen LogP contribution in [-0.2, 0) is 14.3 Å². The standard InChI is InChI=1S/C12H16BrClN2O3/c1-18-4-5-19-7-11(12(15)17)16-8-2-3-10(14)9(13)6-8/h2-3,6,11,16H,4-5,7H2,1H3,(H2,15,17). The van der Waals surface area contributed by atoms with Crippen molar-refractivity contribution in [1.29, 1.82) is 0 Å². The van der Waals surface area contributed by atoms with Crippen LogP contribution < -0.4 is 11.1 Å². The molecule has 1 aromatic carbocycles. The van der Waals surface area contributed by atoms with Crippen molar-refractivity contribution in [2.24, 2.45) is 5.73 Å². The molecule has 0 spiro atoms. The first-order valence-electron chi connectivity index (χ1n) is 5.62. The van der Waals surface area contributed by atoms with E-state index in [-0.39, 0.29) is 6.61 Å². The van der Waals surface area contributed by atoms with Crippen LogP contribution in [0, 0.1) is 0 Å². The van der Waals surface area contributed by atoms with Crippen LogP contribution >= 0.6 is 27.5 Å². The molecule has 0 radical (unpaired) electrons. The van der Waals surface area contributed by atoms with Crippen molar-refractivity contribution >= 4 is 39.1 Å². The van der Waals surface area contributed by atoms with Gasteiger partial charge in [0.15, 0.2) is 0 Å². The summed E-state index contributed by atoms with van der Waals surface area (Å²) in [5, 5.41) is 3.59. The lowest BCUT2D eigenvalue weighted by Gasteiger charge is -2.17. The molecule has 5 nitrogen and oxygen atoms in total. The van der Waals surface area contributed by atoms with E-state index < -0.39 is 11.9 Å². The summed E-state index contributed by atoms with van der Waals surface area (Å²) >= 11 is 9.20. The highest BCUT2D eigenvalue weighted by atomic mass is 79.9. The molecular weight excluding hydrogens is 336 g/mol. The molecule has 19 heavy (non-hydrogen) atoms. The third kappa shape index (κ3) is 5.78. The molecule has 0 bridgehead atoms. The second-order valence-electron chi connectivity index (χ2n) is 3.80. The third-order valence-corrected chi connectivity index (χ3v) is 3.53. The lowest BCUT2D eigenvalue weighted by atomic mass is 10.2. The quantitative estimate of drug-likeness (QED) is 0.703. The van der Waals surface area contributed by atoms with Crippen molar-refractivity contribution in [3.63, 3.8) is 0 Å². The number of halogens is 2. The van der Waals surface area contributed by atoms with Gasteiger partial charge in [0.1, 0.15) is 6.04 Å². The van der Waals surface area contributed by atoms with E-state index in [9.17, 15) is 4.79 Å². The van der Waals surface area contributed by atoms with Crippen molar-refractivity contribution in [2.75, 3.05) is 32.2 Å². The average Bonchev–Trinajstić information content (AvgIpc) is 2.37. The first kappa shape index (κ1) is 16.2. The minimum atomic E-state index is -0.607. The highest BCUT2D eigenvalue weighted by Gasteiger charge is 2.15. The van der Waals surface area contributed by atoms with E-state index in [4.69, 9.17) is 26.8 Å². The van der Waals surface area contributed by atoms with Crippen LogP contribution in [0.15, 0.2) is 22.7 Å². The molecule has 1 rings (SSSR count). The zero-order valence-electron chi connectivity index (χ0n) is 10.5. The Morgan fingerprint density at radius 2 is 2.26 bits per heavy atom. The van der Waals surface area contributed by atoms with Gasteiger partial charge in [-0.2, -0.15) is 0 Å². The number of hydrogen-bond acceptors (Lipinski definition) is 4. The largest absolute Gasteiger partial charge is 0.382 e. The minimum Gasteiger partial charge on any atom is -0.382 e. The van der Waals surface area contributed by atoms with E-state index in [0.29, 0.717) is 18.2 Å². The van der Waals surface area contributed by atoms with Gasteiger partial charge in [-0.05, 0) is 34.1 Å². The number of carbonyl (C=O) groups is 1. The molecule has 1 amide bonds. The van der Waals surface area contributed by atoms with Gasteiger partial charge in [0.25, 0.3) is 0 Å². The number of nitrogens with one attached hydrogen (secondary N) is 1. The first-order chi connectivity index (χ1) is 9.04. The number of anilines is 1. The fourth-order valence-corrected chi connectivity index (χ4v) is 1.82. The van der Waals surface area contributed by atoms with Gasteiger partial charge >= 0.3 is 0 Å².